The Hall–Kier alpha value is -1.40. The molecule has 1 amide bonds. The Labute approximate surface area is 99.9 Å². The lowest BCUT2D eigenvalue weighted by Crippen LogP contribution is -2.38. The summed E-state index contributed by atoms with van der Waals surface area (Å²) in [4.78, 5) is 11.7. The SMILES string of the molecule is COCc1cc(C(=O)NC(C)C(C)CO)no1. The van der Waals surface area contributed by atoms with Crippen LogP contribution in [0.4, 0.5) is 0 Å². The molecule has 0 aliphatic carbocycles. The molecule has 0 bridgehead atoms. The standard InChI is InChI=1S/C11H18N2O4/c1-7(5-14)8(2)12-11(15)10-4-9(6-16-3)17-13-10/h4,7-8,14H,5-6H2,1-3H3,(H,12,15). The number of ether oxygens (including phenoxy) is 1. The van der Waals surface area contributed by atoms with Crippen LogP contribution in [0.5, 0.6) is 0 Å². The molecule has 0 aliphatic rings. The lowest BCUT2D eigenvalue weighted by molar-refractivity contribution is 0.0906. The average Bonchev–Trinajstić information content (AvgIpc) is 2.77. The van der Waals surface area contributed by atoms with Gasteiger partial charge in [-0.1, -0.05) is 12.1 Å². The number of aromatic nitrogens is 1. The quantitative estimate of drug-likeness (QED) is 0.761. The Morgan fingerprint density at radius 2 is 2.35 bits per heavy atom. The normalized spacial score (nSPS) is 14.4. The molecule has 1 rings (SSSR count). The number of aliphatic hydroxyl groups is 1. The second-order valence-electron chi connectivity index (χ2n) is 4.03. The summed E-state index contributed by atoms with van der Waals surface area (Å²) in [5.41, 5.74) is 0.217. The molecule has 0 spiro atoms. The molecule has 6 heteroatoms. The zero-order valence-corrected chi connectivity index (χ0v) is 10.3. The van der Waals surface area contributed by atoms with E-state index in [4.69, 9.17) is 14.4 Å². The van der Waals surface area contributed by atoms with Crippen LogP contribution in [0.1, 0.15) is 30.1 Å². The molecule has 6 nitrogen and oxygen atoms in total. The van der Waals surface area contributed by atoms with Gasteiger partial charge in [0.2, 0.25) is 0 Å². The largest absolute Gasteiger partial charge is 0.396 e. The molecule has 0 saturated carbocycles. The van der Waals surface area contributed by atoms with Crippen molar-refractivity contribution in [1.29, 1.82) is 0 Å². The zero-order chi connectivity index (χ0) is 12.8. The molecule has 17 heavy (non-hydrogen) atoms. The van der Waals surface area contributed by atoms with Crippen molar-refractivity contribution in [1.82, 2.24) is 10.5 Å². The van der Waals surface area contributed by atoms with Crippen LogP contribution in [-0.4, -0.2) is 35.9 Å². The van der Waals surface area contributed by atoms with Crippen LogP contribution in [-0.2, 0) is 11.3 Å². The molecular formula is C11H18N2O4. The summed E-state index contributed by atoms with van der Waals surface area (Å²) in [5.74, 6) is 0.175. The Bertz CT molecular complexity index is 364. The number of carbonyl (C=O) groups is 1. The molecule has 0 saturated heterocycles. The first-order chi connectivity index (χ1) is 8.08. The van der Waals surface area contributed by atoms with Gasteiger partial charge in [-0.3, -0.25) is 4.79 Å². The lowest BCUT2D eigenvalue weighted by Gasteiger charge is -2.18. The minimum atomic E-state index is -0.316. The van der Waals surface area contributed by atoms with Gasteiger partial charge < -0.3 is 19.7 Å². The monoisotopic (exact) mass is 242 g/mol. The van der Waals surface area contributed by atoms with Gasteiger partial charge in [-0.2, -0.15) is 0 Å². The third-order valence-corrected chi connectivity index (χ3v) is 2.58. The minimum Gasteiger partial charge on any atom is -0.396 e. The van der Waals surface area contributed by atoms with Gasteiger partial charge in [-0.05, 0) is 12.8 Å². The number of carbonyl (C=O) groups excluding carboxylic acids is 1. The zero-order valence-electron chi connectivity index (χ0n) is 10.3. The number of aliphatic hydroxyl groups excluding tert-OH is 1. The number of nitrogens with one attached hydrogen (secondary N) is 1. The van der Waals surface area contributed by atoms with E-state index in [0.717, 1.165) is 0 Å². The smallest absolute Gasteiger partial charge is 0.273 e. The first kappa shape index (κ1) is 13.7. The molecular weight excluding hydrogens is 224 g/mol. The van der Waals surface area contributed by atoms with Crippen molar-refractivity contribution >= 4 is 5.91 Å². The maximum atomic E-state index is 11.7. The van der Waals surface area contributed by atoms with E-state index >= 15 is 0 Å². The van der Waals surface area contributed by atoms with Crippen molar-refractivity contribution < 1.29 is 19.2 Å². The second kappa shape index (κ2) is 6.36. The predicted octanol–water partition coefficient (Wildman–Crippen LogP) is 0.568. The van der Waals surface area contributed by atoms with Crippen molar-refractivity contribution in [3.05, 3.63) is 17.5 Å². The molecule has 96 valence electrons. The summed E-state index contributed by atoms with van der Waals surface area (Å²) in [6, 6.07) is 1.41. The highest BCUT2D eigenvalue weighted by Crippen LogP contribution is 2.06. The van der Waals surface area contributed by atoms with Crippen LogP contribution in [0, 0.1) is 5.92 Å². The van der Waals surface area contributed by atoms with Gasteiger partial charge >= 0.3 is 0 Å². The number of amides is 1. The molecule has 0 aliphatic heterocycles. The first-order valence-electron chi connectivity index (χ1n) is 5.44. The predicted molar refractivity (Wildman–Crippen MR) is 60.4 cm³/mol. The highest BCUT2D eigenvalue weighted by molar-refractivity contribution is 5.92. The first-order valence-corrected chi connectivity index (χ1v) is 5.44. The van der Waals surface area contributed by atoms with E-state index in [-0.39, 0.29) is 36.8 Å². The summed E-state index contributed by atoms with van der Waals surface area (Å²) in [5, 5.41) is 15.3. The maximum Gasteiger partial charge on any atom is 0.273 e. The van der Waals surface area contributed by atoms with Crippen molar-refractivity contribution in [2.45, 2.75) is 26.5 Å². The van der Waals surface area contributed by atoms with Crippen molar-refractivity contribution in [3.8, 4) is 0 Å². The second-order valence-corrected chi connectivity index (χ2v) is 4.03. The number of rotatable bonds is 6. The third kappa shape index (κ3) is 3.83. The summed E-state index contributed by atoms with van der Waals surface area (Å²) in [6.07, 6.45) is 0. The van der Waals surface area contributed by atoms with E-state index in [0.29, 0.717) is 5.76 Å². The third-order valence-electron chi connectivity index (χ3n) is 2.58. The van der Waals surface area contributed by atoms with Gasteiger partial charge in [-0.15, -0.1) is 0 Å². The fourth-order valence-electron chi connectivity index (χ4n) is 1.21. The molecule has 0 radical (unpaired) electrons. The fraction of sp³-hybridized carbons (Fsp3) is 0.636. The Balaban J connectivity index is 2.57. The summed E-state index contributed by atoms with van der Waals surface area (Å²) in [6.45, 7) is 3.98. The summed E-state index contributed by atoms with van der Waals surface area (Å²) >= 11 is 0. The van der Waals surface area contributed by atoms with Gasteiger partial charge in [-0.25, -0.2) is 0 Å². The highest BCUT2D eigenvalue weighted by Gasteiger charge is 2.18. The van der Waals surface area contributed by atoms with Gasteiger partial charge in [0.05, 0.1) is 0 Å². The molecule has 0 fully saturated rings. The van der Waals surface area contributed by atoms with E-state index in [1.165, 1.54) is 13.2 Å². The van der Waals surface area contributed by atoms with Gasteiger partial charge in [0.15, 0.2) is 11.5 Å². The van der Waals surface area contributed by atoms with Gasteiger partial charge in [0.1, 0.15) is 6.61 Å². The van der Waals surface area contributed by atoms with Crippen LogP contribution < -0.4 is 5.32 Å². The summed E-state index contributed by atoms with van der Waals surface area (Å²) < 4.78 is 9.77. The van der Waals surface area contributed by atoms with E-state index in [1.807, 2.05) is 13.8 Å². The Morgan fingerprint density at radius 1 is 1.65 bits per heavy atom. The van der Waals surface area contributed by atoms with Crippen LogP contribution in [0.25, 0.3) is 0 Å². The van der Waals surface area contributed by atoms with E-state index in [9.17, 15) is 4.79 Å². The van der Waals surface area contributed by atoms with E-state index < -0.39 is 0 Å². The van der Waals surface area contributed by atoms with Crippen LogP contribution in [0.15, 0.2) is 10.6 Å². The molecule has 2 atom stereocenters. The molecule has 1 aromatic rings. The van der Waals surface area contributed by atoms with E-state index in [1.54, 1.807) is 0 Å². The van der Waals surface area contributed by atoms with Crippen LogP contribution in [0.3, 0.4) is 0 Å². The van der Waals surface area contributed by atoms with Crippen molar-refractivity contribution in [3.63, 3.8) is 0 Å². The number of hydrogen-bond donors (Lipinski definition) is 2. The number of methoxy groups -OCH3 is 1. The minimum absolute atomic E-state index is 0.00991. The molecule has 0 aromatic carbocycles. The average molecular weight is 242 g/mol. The molecule has 1 aromatic heterocycles. The molecule has 2 unspecified atom stereocenters. The summed E-state index contributed by atoms with van der Waals surface area (Å²) in [7, 11) is 1.53. The van der Waals surface area contributed by atoms with Gasteiger partial charge in [0.25, 0.3) is 5.91 Å². The Morgan fingerprint density at radius 3 is 2.94 bits per heavy atom. The van der Waals surface area contributed by atoms with Gasteiger partial charge in [0, 0.05) is 25.8 Å². The number of nitrogens with zero attached hydrogens (tertiary/aromatic N) is 1. The van der Waals surface area contributed by atoms with E-state index in [2.05, 4.69) is 10.5 Å². The Kier molecular flexibility index (Phi) is 5.11. The number of hydrogen-bond acceptors (Lipinski definition) is 5. The maximum absolute atomic E-state index is 11.7. The highest BCUT2D eigenvalue weighted by atomic mass is 16.5. The molecule has 2 N–H and O–H groups in total. The van der Waals surface area contributed by atoms with Crippen molar-refractivity contribution in [2.75, 3.05) is 13.7 Å². The topological polar surface area (TPSA) is 84.6 Å². The van der Waals surface area contributed by atoms with Crippen LogP contribution >= 0.6 is 0 Å². The fourth-order valence-corrected chi connectivity index (χ4v) is 1.21. The lowest BCUT2D eigenvalue weighted by atomic mass is 10.1. The molecule has 1 heterocycles. The van der Waals surface area contributed by atoms with Crippen molar-refractivity contribution in [2.24, 2.45) is 5.92 Å². The van der Waals surface area contributed by atoms with Crippen LogP contribution in [0.2, 0.25) is 0 Å².